The van der Waals surface area contributed by atoms with Crippen LogP contribution in [0.4, 0.5) is 11.6 Å². The molecule has 4 rings (SSSR count). The summed E-state index contributed by atoms with van der Waals surface area (Å²) in [6.07, 6.45) is 2.72. The normalized spacial score (nSPS) is 16.1. The van der Waals surface area contributed by atoms with Crippen LogP contribution in [-0.4, -0.2) is 52.0 Å². The number of non-ortho nitro benzene ring substituents is 1. The third kappa shape index (κ3) is 3.94. The van der Waals surface area contributed by atoms with Gasteiger partial charge in [-0.1, -0.05) is 12.1 Å². The molecule has 2 aliphatic heterocycles. The van der Waals surface area contributed by atoms with Crippen molar-refractivity contribution >= 4 is 17.5 Å². The molecule has 146 valence electrons. The number of morpholine rings is 1. The van der Waals surface area contributed by atoms with E-state index < -0.39 is 4.92 Å². The number of rotatable bonds is 5. The van der Waals surface area contributed by atoms with Crippen molar-refractivity contribution in [2.75, 3.05) is 31.2 Å². The Labute approximate surface area is 162 Å². The maximum atomic E-state index is 12.6. The van der Waals surface area contributed by atoms with E-state index >= 15 is 0 Å². The third-order valence-corrected chi connectivity index (χ3v) is 5.06. The highest BCUT2D eigenvalue weighted by Crippen LogP contribution is 2.24. The molecule has 1 aromatic carbocycles. The minimum Gasteiger partial charge on any atom is -0.378 e. The molecule has 3 heterocycles. The number of hydrogen-bond donors (Lipinski definition) is 0. The first kappa shape index (κ1) is 18.3. The molecular formula is C19H21N5O4. The summed E-state index contributed by atoms with van der Waals surface area (Å²) >= 11 is 0. The fraction of sp³-hybridized carbons (Fsp3) is 0.421. The van der Waals surface area contributed by atoms with Gasteiger partial charge in [0.15, 0.2) is 0 Å². The first-order chi connectivity index (χ1) is 13.6. The van der Waals surface area contributed by atoms with Crippen LogP contribution in [0.25, 0.3) is 0 Å². The van der Waals surface area contributed by atoms with Gasteiger partial charge in [0, 0.05) is 49.9 Å². The maximum absolute atomic E-state index is 12.6. The topological polar surface area (TPSA) is 102 Å². The molecular weight excluding hydrogens is 362 g/mol. The number of nitrogens with zero attached hydrogens (tertiary/aromatic N) is 5. The number of aryl methyl sites for hydroxylation is 1. The molecule has 0 spiro atoms. The van der Waals surface area contributed by atoms with Crippen molar-refractivity contribution in [3.05, 3.63) is 57.4 Å². The molecule has 9 heteroatoms. The van der Waals surface area contributed by atoms with E-state index in [9.17, 15) is 14.9 Å². The molecule has 0 radical (unpaired) electrons. The maximum Gasteiger partial charge on any atom is 0.269 e. The van der Waals surface area contributed by atoms with Crippen molar-refractivity contribution in [2.45, 2.75) is 25.9 Å². The summed E-state index contributed by atoms with van der Waals surface area (Å²) in [5.74, 6) is 0.742. The van der Waals surface area contributed by atoms with E-state index in [2.05, 4.69) is 14.9 Å². The number of fused-ring (bicyclic) bond motifs is 1. The van der Waals surface area contributed by atoms with Crippen LogP contribution >= 0.6 is 0 Å². The van der Waals surface area contributed by atoms with Crippen LogP contribution in [-0.2, 0) is 29.0 Å². The van der Waals surface area contributed by atoms with Crippen LogP contribution in [0.5, 0.6) is 0 Å². The van der Waals surface area contributed by atoms with Crippen LogP contribution in [0.2, 0.25) is 0 Å². The van der Waals surface area contributed by atoms with Gasteiger partial charge in [-0.25, -0.2) is 9.97 Å². The fourth-order valence-electron chi connectivity index (χ4n) is 3.43. The highest BCUT2D eigenvalue weighted by atomic mass is 16.6. The van der Waals surface area contributed by atoms with E-state index in [0.717, 1.165) is 29.9 Å². The standard InChI is InChI=1S/C19H21N5O4/c25-18(6-3-14-1-4-16(5-2-14)24(26)27)23-12-15-11-20-19(21-17(15)13-23)22-7-9-28-10-8-22/h1-2,4-5,11H,3,6-10,12-13H2. The third-order valence-electron chi connectivity index (χ3n) is 5.06. The Morgan fingerprint density at radius 3 is 2.64 bits per heavy atom. The molecule has 0 N–H and O–H groups in total. The second-order valence-corrected chi connectivity index (χ2v) is 6.91. The second kappa shape index (κ2) is 7.89. The molecule has 1 fully saturated rings. The Kier molecular flexibility index (Phi) is 5.16. The van der Waals surface area contributed by atoms with Crippen LogP contribution in [0.3, 0.4) is 0 Å². The molecule has 1 saturated heterocycles. The van der Waals surface area contributed by atoms with Gasteiger partial charge in [-0.3, -0.25) is 14.9 Å². The van der Waals surface area contributed by atoms with Gasteiger partial charge in [0.1, 0.15) is 0 Å². The lowest BCUT2D eigenvalue weighted by Crippen LogP contribution is -2.37. The number of aromatic nitrogens is 2. The molecule has 9 nitrogen and oxygen atoms in total. The number of anilines is 1. The molecule has 2 aromatic rings. The zero-order valence-electron chi connectivity index (χ0n) is 15.4. The lowest BCUT2D eigenvalue weighted by atomic mass is 10.1. The molecule has 0 atom stereocenters. The minimum atomic E-state index is -0.428. The summed E-state index contributed by atoms with van der Waals surface area (Å²) < 4.78 is 5.36. The van der Waals surface area contributed by atoms with Gasteiger partial charge >= 0.3 is 0 Å². The highest BCUT2D eigenvalue weighted by molar-refractivity contribution is 5.77. The average molecular weight is 383 g/mol. The highest BCUT2D eigenvalue weighted by Gasteiger charge is 2.26. The van der Waals surface area contributed by atoms with E-state index in [-0.39, 0.29) is 11.6 Å². The summed E-state index contributed by atoms with van der Waals surface area (Å²) in [6.45, 7) is 3.92. The minimum absolute atomic E-state index is 0.0456. The van der Waals surface area contributed by atoms with Gasteiger partial charge in [0.2, 0.25) is 11.9 Å². The molecule has 1 aromatic heterocycles. The van der Waals surface area contributed by atoms with Gasteiger partial charge in [0.25, 0.3) is 5.69 Å². The van der Waals surface area contributed by atoms with Crippen molar-refractivity contribution in [1.29, 1.82) is 0 Å². The zero-order valence-corrected chi connectivity index (χ0v) is 15.4. The first-order valence-corrected chi connectivity index (χ1v) is 9.29. The Balaban J connectivity index is 1.34. The number of ether oxygens (including phenoxy) is 1. The summed E-state index contributed by atoms with van der Waals surface area (Å²) in [7, 11) is 0. The number of hydrogen-bond acceptors (Lipinski definition) is 7. The predicted octanol–water partition coefficient (Wildman–Crippen LogP) is 1.70. The van der Waals surface area contributed by atoms with Gasteiger partial charge < -0.3 is 14.5 Å². The number of benzene rings is 1. The molecule has 28 heavy (non-hydrogen) atoms. The lowest BCUT2D eigenvalue weighted by Gasteiger charge is -2.26. The van der Waals surface area contributed by atoms with Gasteiger partial charge in [-0.15, -0.1) is 0 Å². The largest absolute Gasteiger partial charge is 0.378 e. The summed E-state index contributed by atoms with van der Waals surface area (Å²) in [5, 5.41) is 10.7. The lowest BCUT2D eigenvalue weighted by molar-refractivity contribution is -0.384. The molecule has 1 amide bonds. The number of carbonyl (C=O) groups is 1. The second-order valence-electron chi connectivity index (χ2n) is 6.91. The van der Waals surface area contributed by atoms with Crippen LogP contribution in [0, 0.1) is 10.1 Å². The summed E-state index contributed by atoms with van der Waals surface area (Å²) in [4.78, 5) is 35.9. The first-order valence-electron chi connectivity index (χ1n) is 9.29. The fourth-order valence-corrected chi connectivity index (χ4v) is 3.43. The van der Waals surface area contributed by atoms with Crippen LogP contribution in [0.1, 0.15) is 23.2 Å². The predicted molar refractivity (Wildman–Crippen MR) is 101 cm³/mol. The van der Waals surface area contributed by atoms with Gasteiger partial charge in [-0.05, 0) is 12.0 Å². The quantitative estimate of drug-likeness (QED) is 0.572. The number of nitro groups is 1. The summed E-state index contributed by atoms with van der Waals surface area (Å²) in [5.41, 5.74) is 2.85. The zero-order chi connectivity index (χ0) is 19.5. The van der Waals surface area contributed by atoms with Crippen LogP contribution < -0.4 is 4.90 Å². The Morgan fingerprint density at radius 1 is 1.18 bits per heavy atom. The van der Waals surface area contributed by atoms with Crippen molar-refractivity contribution in [3.8, 4) is 0 Å². The van der Waals surface area contributed by atoms with E-state index in [1.165, 1.54) is 12.1 Å². The van der Waals surface area contributed by atoms with Crippen LogP contribution in [0.15, 0.2) is 30.5 Å². The van der Waals surface area contributed by atoms with E-state index in [1.807, 2.05) is 6.20 Å². The summed E-state index contributed by atoms with van der Waals surface area (Å²) in [6, 6.07) is 6.33. The van der Waals surface area contributed by atoms with Crippen molar-refractivity contribution in [1.82, 2.24) is 14.9 Å². The number of nitro benzene ring substituents is 1. The monoisotopic (exact) mass is 383 g/mol. The smallest absolute Gasteiger partial charge is 0.269 e. The molecule has 0 unspecified atom stereocenters. The molecule has 0 bridgehead atoms. The Bertz CT molecular complexity index is 880. The van der Waals surface area contributed by atoms with E-state index in [0.29, 0.717) is 45.1 Å². The SMILES string of the molecule is O=C(CCc1ccc([N+](=O)[O-])cc1)N1Cc2cnc(N3CCOCC3)nc2C1. The van der Waals surface area contributed by atoms with Crippen molar-refractivity contribution in [2.24, 2.45) is 0 Å². The van der Waals surface area contributed by atoms with Gasteiger partial charge in [-0.2, -0.15) is 0 Å². The van der Waals surface area contributed by atoms with Gasteiger partial charge in [0.05, 0.1) is 30.4 Å². The number of carbonyl (C=O) groups excluding carboxylic acids is 1. The number of amides is 1. The van der Waals surface area contributed by atoms with Crippen molar-refractivity contribution in [3.63, 3.8) is 0 Å². The average Bonchev–Trinajstić information content (AvgIpc) is 3.16. The molecule has 0 aliphatic carbocycles. The van der Waals surface area contributed by atoms with Crippen molar-refractivity contribution < 1.29 is 14.5 Å². The van der Waals surface area contributed by atoms with E-state index in [1.54, 1.807) is 17.0 Å². The Hall–Kier alpha value is -3.07. The van der Waals surface area contributed by atoms with E-state index in [4.69, 9.17) is 4.74 Å². The molecule has 0 saturated carbocycles. The Morgan fingerprint density at radius 2 is 1.93 bits per heavy atom. The molecule has 2 aliphatic rings.